The first-order valence-corrected chi connectivity index (χ1v) is 5.81. The Kier molecular flexibility index (Phi) is 5.00. The van der Waals surface area contributed by atoms with Gasteiger partial charge in [-0.3, -0.25) is 14.9 Å². The summed E-state index contributed by atoms with van der Waals surface area (Å²) in [4.78, 5) is 20.9. The summed E-state index contributed by atoms with van der Waals surface area (Å²) in [6.45, 7) is 4.21. The molecule has 1 rings (SSSR count). The van der Waals surface area contributed by atoms with Crippen molar-refractivity contribution in [3.05, 3.63) is 33.9 Å². The zero-order chi connectivity index (χ0) is 14.5. The van der Waals surface area contributed by atoms with E-state index in [1.54, 1.807) is 7.11 Å². The van der Waals surface area contributed by atoms with E-state index in [0.717, 1.165) is 0 Å². The summed E-state index contributed by atoms with van der Waals surface area (Å²) >= 11 is 0. The first-order chi connectivity index (χ1) is 8.89. The highest BCUT2D eigenvalue weighted by Crippen LogP contribution is 2.23. The van der Waals surface area contributed by atoms with E-state index in [-0.39, 0.29) is 16.9 Å². The monoisotopic (exact) mass is 267 g/mol. The predicted molar refractivity (Wildman–Crippen MR) is 69.7 cm³/mol. The van der Waals surface area contributed by atoms with Gasteiger partial charge in [-0.2, -0.15) is 0 Å². The van der Waals surface area contributed by atoms with E-state index < -0.39 is 4.92 Å². The molecule has 6 nitrogen and oxygen atoms in total. The minimum atomic E-state index is -0.551. The minimum absolute atomic E-state index is 0.133. The number of aldehydes is 1. The van der Waals surface area contributed by atoms with Crippen molar-refractivity contribution in [2.75, 3.05) is 13.7 Å². The van der Waals surface area contributed by atoms with Gasteiger partial charge in [0.05, 0.1) is 22.7 Å². The van der Waals surface area contributed by atoms with Crippen LogP contribution in [0.2, 0.25) is 0 Å². The molecule has 0 radical (unpaired) electrons. The van der Waals surface area contributed by atoms with Crippen molar-refractivity contribution in [1.82, 2.24) is 0 Å². The lowest BCUT2D eigenvalue weighted by Crippen LogP contribution is -2.25. The average Bonchev–Trinajstić information content (AvgIpc) is 2.38. The molecule has 0 aliphatic rings. The van der Waals surface area contributed by atoms with Gasteiger partial charge in [0, 0.05) is 25.7 Å². The molecule has 0 spiro atoms. The zero-order valence-corrected chi connectivity index (χ0v) is 11.2. The predicted octanol–water partition coefficient (Wildman–Crippen LogP) is 2.60. The standard InChI is InChI=1S/C13H17NO5/c1-13(2,18-3)6-7-19-12-5-4-11(14(16)17)8-10(12)9-15/h4-5,8-9H,6-7H2,1-3H3. The van der Waals surface area contributed by atoms with E-state index in [0.29, 0.717) is 25.1 Å². The maximum atomic E-state index is 10.9. The van der Waals surface area contributed by atoms with Gasteiger partial charge >= 0.3 is 0 Å². The van der Waals surface area contributed by atoms with Gasteiger partial charge in [-0.1, -0.05) is 0 Å². The number of rotatable bonds is 7. The summed E-state index contributed by atoms with van der Waals surface area (Å²) in [5.74, 6) is 0.340. The molecule has 0 bridgehead atoms. The van der Waals surface area contributed by atoms with Crippen LogP contribution < -0.4 is 4.74 Å². The molecule has 0 saturated heterocycles. The Morgan fingerprint density at radius 2 is 2.11 bits per heavy atom. The second kappa shape index (κ2) is 6.29. The summed E-state index contributed by atoms with van der Waals surface area (Å²) < 4.78 is 10.7. The first kappa shape index (κ1) is 15.1. The van der Waals surface area contributed by atoms with E-state index in [2.05, 4.69) is 0 Å². The summed E-state index contributed by atoms with van der Waals surface area (Å²) in [5.41, 5.74) is -0.279. The molecule has 0 N–H and O–H groups in total. The van der Waals surface area contributed by atoms with Gasteiger partial charge in [0.15, 0.2) is 6.29 Å². The molecule has 0 unspecified atom stereocenters. The third-order valence-electron chi connectivity index (χ3n) is 2.85. The van der Waals surface area contributed by atoms with Crippen LogP contribution in [0.3, 0.4) is 0 Å². The molecule has 0 aromatic heterocycles. The third kappa shape index (κ3) is 4.33. The Bertz CT molecular complexity index is 470. The van der Waals surface area contributed by atoms with Crippen LogP contribution in [0.4, 0.5) is 5.69 Å². The van der Waals surface area contributed by atoms with Gasteiger partial charge in [-0.05, 0) is 19.9 Å². The number of hydrogen-bond acceptors (Lipinski definition) is 5. The van der Waals surface area contributed by atoms with Crippen LogP contribution in [-0.2, 0) is 4.74 Å². The van der Waals surface area contributed by atoms with Crippen LogP contribution in [0, 0.1) is 10.1 Å². The largest absolute Gasteiger partial charge is 0.493 e. The lowest BCUT2D eigenvalue weighted by Gasteiger charge is -2.22. The fraction of sp³-hybridized carbons (Fsp3) is 0.462. The van der Waals surface area contributed by atoms with Crippen LogP contribution in [-0.4, -0.2) is 30.5 Å². The molecular formula is C13H17NO5. The van der Waals surface area contributed by atoms with Gasteiger partial charge < -0.3 is 9.47 Å². The molecule has 0 atom stereocenters. The van der Waals surface area contributed by atoms with Crippen LogP contribution in [0.1, 0.15) is 30.6 Å². The highest BCUT2D eigenvalue weighted by molar-refractivity contribution is 5.80. The number of hydrogen-bond donors (Lipinski definition) is 0. The number of carbonyl (C=O) groups is 1. The van der Waals surface area contributed by atoms with Crippen molar-refractivity contribution in [1.29, 1.82) is 0 Å². The van der Waals surface area contributed by atoms with Gasteiger partial charge in [0.2, 0.25) is 0 Å². The zero-order valence-electron chi connectivity index (χ0n) is 11.2. The Balaban J connectivity index is 2.74. The molecule has 1 aromatic rings. The SMILES string of the molecule is COC(C)(C)CCOc1ccc([N+](=O)[O-])cc1C=O. The summed E-state index contributed by atoms with van der Waals surface area (Å²) in [6.07, 6.45) is 1.18. The Morgan fingerprint density at radius 1 is 1.42 bits per heavy atom. The highest BCUT2D eigenvalue weighted by Gasteiger charge is 2.17. The van der Waals surface area contributed by atoms with Gasteiger partial charge in [0.25, 0.3) is 5.69 Å². The molecule has 0 aliphatic carbocycles. The molecule has 0 fully saturated rings. The summed E-state index contributed by atoms with van der Waals surface area (Å²) in [5, 5.41) is 10.6. The van der Waals surface area contributed by atoms with E-state index >= 15 is 0 Å². The van der Waals surface area contributed by atoms with E-state index in [4.69, 9.17) is 9.47 Å². The lowest BCUT2D eigenvalue weighted by atomic mass is 10.1. The summed E-state index contributed by atoms with van der Waals surface area (Å²) in [6, 6.07) is 3.94. The number of non-ortho nitro benzene ring substituents is 1. The van der Waals surface area contributed by atoms with Crippen LogP contribution in [0.15, 0.2) is 18.2 Å². The minimum Gasteiger partial charge on any atom is -0.493 e. The first-order valence-electron chi connectivity index (χ1n) is 5.81. The number of ether oxygens (including phenoxy) is 2. The van der Waals surface area contributed by atoms with Gasteiger partial charge in [-0.15, -0.1) is 0 Å². The Labute approximate surface area is 111 Å². The quantitative estimate of drug-likeness (QED) is 0.431. The van der Waals surface area contributed by atoms with Crippen LogP contribution >= 0.6 is 0 Å². The smallest absolute Gasteiger partial charge is 0.270 e. The van der Waals surface area contributed by atoms with Crippen molar-refractivity contribution in [2.24, 2.45) is 0 Å². The molecule has 1 aromatic carbocycles. The summed E-state index contributed by atoms with van der Waals surface area (Å²) in [7, 11) is 1.61. The maximum absolute atomic E-state index is 10.9. The van der Waals surface area contributed by atoms with Crippen LogP contribution in [0.5, 0.6) is 5.75 Å². The van der Waals surface area contributed by atoms with Crippen LogP contribution in [0.25, 0.3) is 0 Å². The number of carbonyl (C=O) groups excluding carboxylic acids is 1. The second-order valence-corrected chi connectivity index (χ2v) is 4.66. The number of methoxy groups -OCH3 is 1. The molecule has 0 amide bonds. The molecule has 0 heterocycles. The highest BCUT2D eigenvalue weighted by atomic mass is 16.6. The van der Waals surface area contributed by atoms with E-state index in [1.807, 2.05) is 13.8 Å². The third-order valence-corrected chi connectivity index (χ3v) is 2.85. The lowest BCUT2D eigenvalue weighted by molar-refractivity contribution is -0.384. The normalized spacial score (nSPS) is 11.1. The molecule has 6 heteroatoms. The van der Waals surface area contributed by atoms with Gasteiger partial charge in [0.1, 0.15) is 5.75 Å². The molecule has 0 aliphatic heterocycles. The maximum Gasteiger partial charge on any atom is 0.270 e. The topological polar surface area (TPSA) is 78.7 Å². The van der Waals surface area contributed by atoms with Crippen molar-refractivity contribution in [3.8, 4) is 5.75 Å². The van der Waals surface area contributed by atoms with Gasteiger partial charge in [-0.25, -0.2) is 0 Å². The number of nitro groups is 1. The van der Waals surface area contributed by atoms with E-state index in [1.165, 1.54) is 18.2 Å². The molecular weight excluding hydrogens is 250 g/mol. The Morgan fingerprint density at radius 3 is 2.63 bits per heavy atom. The number of nitrogens with zero attached hydrogens (tertiary/aromatic N) is 1. The second-order valence-electron chi connectivity index (χ2n) is 4.66. The van der Waals surface area contributed by atoms with Crippen molar-refractivity contribution < 1.29 is 19.2 Å². The number of nitro benzene ring substituents is 1. The van der Waals surface area contributed by atoms with Crippen molar-refractivity contribution >= 4 is 12.0 Å². The fourth-order valence-electron chi connectivity index (χ4n) is 1.38. The molecule has 19 heavy (non-hydrogen) atoms. The molecule has 0 saturated carbocycles. The van der Waals surface area contributed by atoms with Crippen molar-refractivity contribution in [2.45, 2.75) is 25.9 Å². The molecule has 104 valence electrons. The van der Waals surface area contributed by atoms with Crippen molar-refractivity contribution in [3.63, 3.8) is 0 Å². The number of benzene rings is 1. The fourth-order valence-corrected chi connectivity index (χ4v) is 1.38. The van der Waals surface area contributed by atoms with E-state index in [9.17, 15) is 14.9 Å². The average molecular weight is 267 g/mol. The Hall–Kier alpha value is -1.95.